The molecule has 1 heterocycles. The summed E-state index contributed by atoms with van der Waals surface area (Å²) in [5.41, 5.74) is 0.181. The van der Waals surface area contributed by atoms with E-state index in [0.717, 1.165) is 11.6 Å². The molecule has 0 aliphatic carbocycles. The van der Waals surface area contributed by atoms with Crippen LogP contribution in [0.3, 0.4) is 0 Å². The fraction of sp³-hybridized carbons (Fsp3) is 0.286. The third-order valence-corrected chi connectivity index (χ3v) is 4.20. The Morgan fingerprint density at radius 2 is 1.85 bits per heavy atom. The highest BCUT2D eigenvalue weighted by Gasteiger charge is 2.41. The molecular weight excluding hydrogens is 350 g/mol. The Labute approximate surface area is 158 Å². The van der Waals surface area contributed by atoms with Crippen LogP contribution in [0, 0.1) is 18.6 Å². The van der Waals surface area contributed by atoms with E-state index in [1.165, 1.54) is 35.2 Å². The topological polar surface area (TPSA) is 52.6 Å². The van der Waals surface area contributed by atoms with Crippen molar-refractivity contribution in [3.8, 4) is 0 Å². The monoisotopic (exact) mass is 374 g/mol. The van der Waals surface area contributed by atoms with E-state index < -0.39 is 17.2 Å². The molecule has 1 aliphatic rings. The Kier molecular flexibility index (Phi) is 6.33. The molecule has 2 aromatic carbocycles. The zero-order valence-electron chi connectivity index (χ0n) is 15.7. The van der Waals surface area contributed by atoms with Crippen molar-refractivity contribution in [2.24, 2.45) is 0 Å². The van der Waals surface area contributed by atoms with E-state index in [-0.39, 0.29) is 35.9 Å². The van der Waals surface area contributed by atoms with Gasteiger partial charge >= 0.3 is 0 Å². The first-order chi connectivity index (χ1) is 12.8. The normalized spacial score (nSPS) is 14.5. The maximum atomic E-state index is 14.1. The molecule has 4 nitrogen and oxygen atoms in total. The van der Waals surface area contributed by atoms with Gasteiger partial charge in [-0.1, -0.05) is 26.0 Å². The lowest BCUT2D eigenvalue weighted by Crippen LogP contribution is -2.62. The molecule has 0 bridgehead atoms. The van der Waals surface area contributed by atoms with Gasteiger partial charge in [-0.2, -0.15) is 0 Å². The second kappa shape index (κ2) is 8.31. The zero-order chi connectivity index (χ0) is 20.2. The Hall–Kier alpha value is -2.73. The molecule has 6 heteroatoms. The number of nitrogens with one attached hydrogen (secondary N) is 1. The summed E-state index contributed by atoms with van der Waals surface area (Å²) in [6.45, 7) is 9.52. The standard InChI is InChI=1S/C19H18F2N2O2.C2H6/c1-3-19(25)10-23(11-19)18(24)14-6-5-13(20)9-17(14)22-16-7-4-12(2)8-15(16)21;1-2/h3-9,22,25H,1,10-11H2,2H3;1-2H3. The van der Waals surface area contributed by atoms with Crippen molar-refractivity contribution in [2.45, 2.75) is 26.4 Å². The summed E-state index contributed by atoms with van der Waals surface area (Å²) in [5, 5.41) is 12.7. The van der Waals surface area contributed by atoms with E-state index in [4.69, 9.17) is 0 Å². The number of rotatable bonds is 4. The number of aliphatic hydroxyl groups is 1. The number of carbonyl (C=O) groups is 1. The molecule has 1 aliphatic heterocycles. The van der Waals surface area contributed by atoms with Crippen molar-refractivity contribution in [3.63, 3.8) is 0 Å². The summed E-state index contributed by atoms with van der Waals surface area (Å²) in [6, 6.07) is 8.26. The van der Waals surface area contributed by atoms with Crippen LogP contribution in [0.15, 0.2) is 49.1 Å². The first-order valence-corrected chi connectivity index (χ1v) is 8.79. The largest absolute Gasteiger partial charge is 0.382 e. The minimum atomic E-state index is -1.09. The number of benzene rings is 2. The number of halogens is 2. The number of likely N-dealkylation sites (tertiary alicyclic amines) is 1. The molecule has 0 saturated carbocycles. The second-order valence-corrected chi connectivity index (χ2v) is 6.27. The quantitative estimate of drug-likeness (QED) is 0.779. The molecule has 1 saturated heterocycles. The van der Waals surface area contributed by atoms with Gasteiger partial charge in [0, 0.05) is 0 Å². The number of amides is 1. The number of nitrogens with zero attached hydrogens (tertiary/aromatic N) is 1. The molecule has 0 spiro atoms. The van der Waals surface area contributed by atoms with E-state index in [9.17, 15) is 18.7 Å². The van der Waals surface area contributed by atoms with E-state index in [1.54, 1.807) is 13.0 Å². The van der Waals surface area contributed by atoms with Gasteiger partial charge in [0.25, 0.3) is 5.91 Å². The Balaban J connectivity index is 0.00000126. The molecule has 0 unspecified atom stereocenters. The van der Waals surface area contributed by atoms with Crippen LogP contribution in [0.1, 0.15) is 29.8 Å². The number of hydrogen-bond donors (Lipinski definition) is 2. The van der Waals surface area contributed by atoms with Gasteiger partial charge in [0.2, 0.25) is 0 Å². The van der Waals surface area contributed by atoms with E-state index >= 15 is 0 Å². The third-order valence-electron chi connectivity index (χ3n) is 4.20. The smallest absolute Gasteiger partial charge is 0.256 e. The highest BCUT2D eigenvalue weighted by Crippen LogP contribution is 2.29. The van der Waals surface area contributed by atoms with Gasteiger partial charge < -0.3 is 15.3 Å². The molecule has 0 radical (unpaired) electrons. The van der Waals surface area contributed by atoms with E-state index in [2.05, 4.69) is 11.9 Å². The van der Waals surface area contributed by atoms with Crippen molar-refractivity contribution in [1.82, 2.24) is 4.90 Å². The van der Waals surface area contributed by atoms with E-state index in [0.29, 0.717) is 0 Å². The minimum absolute atomic E-state index is 0.116. The Morgan fingerprint density at radius 3 is 2.44 bits per heavy atom. The van der Waals surface area contributed by atoms with Gasteiger partial charge in [-0.25, -0.2) is 8.78 Å². The summed E-state index contributed by atoms with van der Waals surface area (Å²) in [4.78, 5) is 14.0. The zero-order valence-corrected chi connectivity index (χ0v) is 15.7. The number of hydrogen-bond acceptors (Lipinski definition) is 3. The summed E-state index contributed by atoms with van der Waals surface area (Å²) in [5.74, 6) is -1.41. The molecule has 144 valence electrons. The Morgan fingerprint density at radius 1 is 1.19 bits per heavy atom. The molecule has 1 fully saturated rings. The molecule has 3 rings (SSSR count). The Bertz CT molecular complexity index is 846. The first kappa shape index (κ1) is 20.6. The van der Waals surface area contributed by atoms with Crippen LogP contribution in [0.4, 0.5) is 20.2 Å². The molecule has 2 N–H and O–H groups in total. The van der Waals surface area contributed by atoms with Crippen LogP contribution < -0.4 is 5.32 Å². The lowest BCUT2D eigenvalue weighted by molar-refractivity contribution is -0.0454. The van der Waals surface area contributed by atoms with Gasteiger partial charge in [0.15, 0.2) is 0 Å². The van der Waals surface area contributed by atoms with Crippen molar-refractivity contribution in [2.75, 3.05) is 18.4 Å². The van der Waals surface area contributed by atoms with Gasteiger partial charge in [-0.05, 0) is 42.8 Å². The maximum Gasteiger partial charge on any atom is 0.256 e. The highest BCUT2D eigenvalue weighted by atomic mass is 19.1. The third kappa shape index (κ3) is 4.52. The van der Waals surface area contributed by atoms with Crippen LogP contribution in [0.2, 0.25) is 0 Å². The van der Waals surface area contributed by atoms with Crippen LogP contribution in [0.5, 0.6) is 0 Å². The average Bonchev–Trinajstić information content (AvgIpc) is 2.62. The van der Waals surface area contributed by atoms with Gasteiger partial charge in [0.05, 0.1) is 30.0 Å². The highest BCUT2D eigenvalue weighted by molar-refractivity contribution is 6.01. The summed E-state index contributed by atoms with van der Waals surface area (Å²) < 4.78 is 27.7. The lowest BCUT2D eigenvalue weighted by atomic mass is 9.93. The molecule has 0 atom stereocenters. The van der Waals surface area contributed by atoms with Crippen molar-refractivity contribution in [1.29, 1.82) is 0 Å². The molecule has 0 aromatic heterocycles. The first-order valence-electron chi connectivity index (χ1n) is 8.79. The van der Waals surface area contributed by atoms with Crippen LogP contribution >= 0.6 is 0 Å². The number of β-amino-alcohol motifs (C(OH)–C–C–N with tert-alkyl or cyclic N) is 1. The second-order valence-electron chi connectivity index (χ2n) is 6.27. The van der Waals surface area contributed by atoms with Gasteiger partial charge in [-0.3, -0.25) is 4.79 Å². The summed E-state index contributed by atoms with van der Waals surface area (Å²) in [6.07, 6.45) is 1.39. The molecule has 27 heavy (non-hydrogen) atoms. The predicted octanol–water partition coefficient (Wildman–Crippen LogP) is 4.42. The molecular formula is C21H24F2N2O2. The summed E-state index contributed by atoms with van der Waals surface area (Å²) in [7, 11) is 0. The fourth-order valence-corrected chi connectivity index (χ4v) is 2.73. The minimum Gasteiger partial charge on any atom is -0.382 e. The lowest BCUT2D eigenvalue weighted by Gasteiger charge is -2.44. The van der Waals surface area contributed by atoms with Crippen molar-refractivity contribution >= 4 is 17.3 Å². The van der Waals surface area contributed by atoms with Crippen molar-refractivity contribution in [3.05, 3.63) is 71.8 Å². The van der Waals surface area contributed by atoms with Gasteiger partial charge in [0.1, 0.15) is 17.2 Å². The van der Waals surface area contributed by atoms with Crippen LogP contribution in [-0.2, 0) is 0 Å². The number of aryl methyl sites for hydroxylation is 1. The molecule has 2 aromatic rings. The molecule has 1 amide bonds. The van der Waals surface area contributed by atoms with Gasteiger partial charge in [-0.15, -0.1) is 6.58 Å². The van der Waals surface area contributed by atoms with Crippen molar-refractivity contribution < 1.29 is 18.7 Å². The maximum absolute atomic E-state index is 14.1. The fourth-order valence-electron chi connectivity index (χ4n) is 2.73. The summed E-state index contributed by atoms with van der Waals surface area (Å²) >= 11 is 0. The predicted molar refractivity (Wildman–Crippen MR) is 103 cm³/mol. The van der Waals surface area contributed by atoms with Crippen LogP contribution in [0.25, 0.3) is 0 Å². The average molecular weight is 374 g/mol. The number of anilines is 2. The number of carbonyl (C=O) groups excluding carboxylic acids is 1. The SMILES string of the molecule is C=CC1(O)CN(C(=O)c2ccc(F)cc2Nc2ccc(C)cc2F)C1.CC. The van der Waals surface area contributed by atoms with Crippen LogP contribution in [-0.4, -0.2) is 34.6 Å². The van der Waals surface area contributed by atoms with E-state index in [1.807, 2.05) is 13.8 Å².